The number of hydrogen-bond acceptors (Lipinski definition) is 3. The third-order valence-electron chi connectivity index (χ3n) is 4.02. The molecule has 5 nitrogen and oxygen atoms in total. The lowest BCUT2D eigenvalue weighted by atomic mass is 10.1. The number of nitrogens with one attached hydrogen (secondary N) is 1. The number of anilines is 2. The minimum Gasteiger partial charge on any atom is -0.324 e. The zero-order valence-corrected chi connectivity index (χ0v) is 16.0. The average molecular weight is 360 g/mol. The maximum absolute atomic E-state index is 12.7. The number of aryl methyl sites for hydroxylation is 3. The van der Waals surface area contributed by atoms with Crippen LogP contribution >= 0.6 is 0 Å². The van der Waals surface area contributed by atoms with Crippen molar-refractivity contribution >= 4 is 27.3 Å². The van der Waals surface area contributed by atoms with Crippen LogP contribution in [0.3, 0.4) is 0 Å². The number of sulfonamides is 1. The molecule has 0 spiro atoms. The summed E-state index contributed by atoms with van der Waals surface area (Å²) in [5.41, 5.74) is 4.20. The molecule has 0 aliphatic rings. The molecule has 0 fully saturated rings. The molecule has 2 aromatic rings. The molecule has 0 aliphatic carbocycles. The highest BCUT2D eigenvalue weighted by Crippen LogP contribution is 2.23. The van der Waals surface area contributed by atoms with Gasteiger partial charge in [0, 0.05) is 5.69 Å². The van der Waals surface area contributed by atoms with Crippen molar-refractivity contribution in [3.05, 3.63) is 59.2 Å². The maximum atomic E-state index is 12.7. The monoisotopic (exact) mass is 360 g/mol. The van der Waals surface area contributed by atoms with E-state index in [2.05, 4.69) is 5.32 Å². The molecule has 0 unspecified atom stereocenters. The second-order valence-corrected chi connectivity index (χ2v) is 8.24. The Hall–Kier alpha value is -2.34. The quantitative estimate of drug-likeness (QED) is 0.888. The van der Waals surface area contributed by atoms with Gasteiger partial charge in [-0.2, -0.15) is 0 Å². The Kier molecular flexibility index (Phi) is 5.52. The third kappa shape index (κ3) is 4.60. The first kappa shape index (κ1) is 19.0. The second kappa shape index (κ2) is 7.27. The Balaban J connectivity index is 2.31. The molecular weight excluding hydrogens is 336 g/mol. The standard InChI is InChI=1S/C19H24N2O3S/c1-13-6-9-17(10-7-13)21(25(5,23)24)16(4)19(22)20-18-11-8-14(2)12-15(18)3/h6-12,16H,1-5H3,(H,20,22)/t16-/m0/s1. The Bertz CT molecular complexity index is 874. The van der Waals surface area contributed by atoms with Crippen molar-refractivity contribution in [1.82, 2.24) is 0 Å². The molecule has 0 heterocycles. The van der Waals surface area contributed by atoms with Crippen LogP contribution in [0.1, 0.15) is 23.6 Å². The molecule has 1 N–H and O–H groups in total. The van der Waals surface area contributed by atoms with Crippen LogP contribution in [0.25, 0.3) is 0 Å². The van der Waals surface area contributed by atoms with E-state index >= 15 is 0 Å². The second-order valence-electron chi connectivity index (χ2n) is 6.38. The topological polar surface area (TPSA) is 66.5 Å². The number of rotatable bonds is 5. The highest BCUT2D eigenvalue weighted by atomic mass is 32.2. The van der Waals surface area contributed by atoms with Crippen molar-refractivity contribution in [2.45, 2.75) is 33.7 Å². The van der Waals surface area contributed by atoms with E-state index in [0.717, 1.165) is 27.3 Å². The number of benzene rings is 2. The molecule has 0 saturated carbocycles. The number of nitrogens with zero attached hydrogens (tertiary/aromatic N) is 1. The lowest BCUT2D eigenvalue weighted by molar-refractivity contribution is -0.116. The van der Waals surface area contributed by atoms with Crippen molar-refractivity contribution in [1.29, 1.82) is 0 Å². The molecule has 0 bridgehead atoms. The van der Waals surface area contributed by atoms with E-state index in [1.165, 1.54) is 0 Å². The van der Waals surface area contributed by atoms with Crippen molar-refractivity contribution in [3.8, 4) is 0 Å². The van der Waals surface area contributed by atoms with E-state index in [-0.39, 0.29) is 5.91 Å². The summed E-state index contributed by atoms with van der Waals surface area (Å²) in [4.78, 5) is 12.7. The van der Waals surface area contributed by atoms with E-state index in [4.69, 9.17) is 0 Å². The molecule has 0 radical (unpaired) electrons. The van der Waals surface area contributed by atoms with Crippen LogP contribution in [0.2, 0.25) is 0 Å². The highest BCUT2D eigenvalue weighted by molar-refractivity contribution is 7.92. The van der Waals surface area contributed by atoms with Gasteiger partial charge in [0.25, 0.3) is 0 Å². The molecule has 25 heavy (non-hydrogen) atoms. The number of carbonyl (C=O) groups is 1. The van der Waals surface area contributed by atoms with Crippen LogP contribution < -0.4 is 9.62 Å². The molecule has 2 aromatic carbocycles. The van der Waals surface area contributed by atoms with Gasteiger partial charge in [-0.25, -0.2) is 8.42 Å². The van der Waals surface area contributed by atoms with Gasteiger partial charge in [0.1, 0.15) is 6.04 Å². The molecule has 6 heteroatoms. The van der Waals surface area contributed by atoms with Crippen LogP contribution in [0.5, 0.6) is 0 Å². The van der Waals surface area contributed by atoms with Crippen LogP contribution in [-0.4, -0.2) is 26.6 Å². The minimum atomic E-state index is -3.61. The summed E-state index contributed by atoms with van der Waals surface area (Å²) >= 11 is 0. The predicted molar refractivity (Wildman–Crippen MR) is 103 cm³/mol. The van der Waals surface area contributed by atoms with Gasteiger partial charge < -0.3 is 5.32 Å². The van der Waals surface area contributed by atoms with Crippen molar-refractivity contribution < 1.29 is 13.2 Å². The van der Waals surface area contributed by atoms with Gasteiger partial charge in [0.05, 0.1) is 11.9 Å². The summed E-state index contributed by atoms with van der Waals surface area (Å²) in [6.45, 7) is 7.39. The molecule has 1 atom stereocenters. The Morgan fingerprint density at radius 3 is 2.08 bits per heavy atom. The van der Waals surface area contributed by atoms with Crippen molar-refractivity contribution in [2.24, 2.45) is 0 Å². The predicted octanol–water partition coefficient (Wildman–Crippen LogP) is 3.41. The lowest BCUT2D eigenvalue weighted by Gasteiger charge is -2.28. The van der Waals surface area contributed by atoms with Crippen LogP contribution in [-0.2, 0) is 14.8 Å². The minimum absolute atomic E-state index is 0.377. The van der Waals surface area contributed by atoms with Gasteiger partial charge in [-0.15, -0.1) is 0 Å². The Morgan fingerprint density at radius 1 is 1.00 bits per heavy atom. The lowest BCUT2D eigenvalue weighted by Crippen LogP contribution is -2.45. The summed E-state index contributed by atoms with van der Waals surface area (Å²) in [5.74, 6) is -0.377. The zero-order valence-electron chi connectivity index (χ0n) is 15.2. The summed E-state index contributed by atoms with van der Waals surface area (Å²) in [6.07, 6.45) is 1.10. The molecule has 2 rings (SSSR count). The highest BCUT2D eigenvalue weighted by Gasteiger charge is 2.29. The fraction of sp³-hybridized carbons (Fsp3) is 0.316. The van der Waals surface area contributed by atoms with Crippen LogP contribution in [0.4, 0.5) is 11.4 Å². The number of amides is 1. The Morgan fingerprint density at radius 2 is 1.56 bits per heavy atom. The van der Waals surface area contributed by atoms with Crippen molar-refractivity contribution in [3.63, 3.8) is 0 Å². The average Bonchev–Trinajstić information content (AvgIpc) is 2.50. The number of carbonyl (C=O) groups excluding carboxylic acids is 1. The third-order valence-corrected chi connectivity index (χ3v) is 5.26. The molecule has 0 aromatic heterocycles. The van der Waals surface area contributed by atoms with E-state index in [1.807, 2.05) is 51.1 Å². The smallest absolute Gasteiger partial charge is 0.248 e. The summed E-state index contributed by atoms with van der Waals surface area (Å²) in [7, 11) is -3.61. The normalized spacial score (nSPS) is 12.5. The first-order valence-corrected chi connectivity index (χ1v) is 9.88. The molecule has 134 valence electrons. The first-order chi connectivity index (χ1) is 11.6. The molecule has 0 saturated heterocycles. The zero-order chi connectivity index (χ0) is 18.8. The van der Waals surface area contributed by atoms with Gasteiger partial charge in [0.2, 0.25) is 15.9 Å². The van der Waals surface area contributed by atoms with Gasteiger partial charge >= 0.3 is 0 Å². The van der Waals surface area contributed by atoms with Gasteiger partial charge in [-0.1, -0.05) is 35.4 Å². The Labute approximate surface area is 149 Å². The van der Waals surface area contributed by atoms with E-state index in [1.54, 1.807) is 19.1 Å². The van der Waals surface area contributed by atoms with Gasteiger partial charge in [-0.05, 0) is 51.5 Å². The van der Waals surface area contributed by atoms with E-state index in [9.17, 15) is 13.2 Å². The maximum Gasteiger partial charge on any atom is 0.248 e. The number of hydrogen-bond donors (Lipinski definition) is 1. The molecule has 0 aliphatic heterocycles. The first-order valence-electron chi connectivity index (χ1n) is 8.04. The van der Waals surface area contributed by atoms with Crippen LogP contribution in [0, 0.1) is 20.8 Å². The summed E-state index contributed by atoms with van der Waals surface area (Å²) in [6, 6.07) is 11.9. The van der Waals surface area contributed by atoms with Crippen LogP contribution in [0.15, 0.2) is 42.5 Å². The van der Waals surface area contributed by atoms with Gasteiger partial charge in [-0.3, -0.25) is 9.10 Å². The molecular formula is C19H24N2O3S. The van der Waals surface area contributed by atoms with Crippen molar-refractivity contribution in [2.75, 3.05) is 15.9 Å². The summed E-state index contributed by atoms with van der Waals surface area (Å²) in [5, 5.41) is 2.83. The fourth-order valence-corrected chi connectivity index (χ4v) is 3.87. The van der Waals surface area contributed by atoms with E-state index < -0.39 is 16.1 Å². The fourth-order valence-electron chi connectivity index (χ4n) is 2.69. The SMILES string of the molecule is Cc1ccc(N([C@@H](C)C(=O)Nc2ccc(C)cc2C)S(C)(=O)=O)cc1. The van der Waals surface area contributed by atoms with Gasteiger partial charge in [0.15, 0.2) is 0 Å². The summed E-state index contributed by atoms with van der Waals surface area (Å²) < 4.78 is 25.7. The largest absolute Gasteiger partial charge is 0.324 e. The van der Waals surface area contributed by atoms with E-state index in [0.29, 0.717) is 11.4 Å². The molecule has 1 amide bonds.